The molecule has 0 amide bonds. The average Bonchev–Trinajstić information content (AvgIpc) is 2.42. The minimum Gasteiger partial charge on any atom is -0.481 e. The number of aliphatic hydroxyl groups excluding tert-OH is 6. The van der Waals surface area contributed by atoms with E-state index in [1.54, 1.807) is 0 Å². The summed E-state index contributed by atoms with van der Waals surface area (Å²) in [6.07, 6.45) is -9.28. The Kier molecular flexibility index (Phi) is 11.8. The van der Waals surface area contributed by atoms with Crippen LogP contribution in [0.15, 0.2) is 0 Å². The van der Waals surface area contributed by atoms with Crippen LogP contribution < -0.4 is 5.73 Å². The normalized spacial score (nSPS) is 17.7. The van der Waals surface area contributed by atoms with Crippen molar-refractivity contribution in [3.05, 3.63) is 0 Å². The fourth-order valence-corrected chi connectivity index (χ4v) is 0.954. The molecule has 0 bridgehead atoms. The molecule has 10 N–H and O–H groups in total. The number of hydrogen-bond acceptors (Lipinski definition) is 9. The van der Waals surface area contributed by atoms with Crippen molar-refractivity contribution in [1.29, 1.82) is 0 Å². The molecular formula is C10H21NO10. The van der Waals surface area contributed by atoms with Crippen LogP contribution in [0.5, 0.6) is 0 Å². The molecule has 0 spiro atoms. The zero-order valence-electron chi connectivity index (χ0n) is 11.0. The molecule has 0 radical (unpaired) electrons. The Balaban J connectivity index is 0. The van der Waals surface area contributed by atoms with E-state index in [4.69, 9.17) is 46.6 Å². The van der Waals surface area contributed by atoms with E-state index in [2.05, 4.69) is 0 Å². The Morgan fingerprint density at radius 2 is 1.19 bits per heavy atom. The van der Waals surface area contributed by atoms with E-state index in [1.165, 1.54) is 0 Å². The molecule has 0 rings (SSSR count). The van der Waals surface area contributed by atoms with Gasteiger partial charge in [0.05, 0.1) is 19.4 Å². The van der Waals surface area contributed by atoms with Crippen LogP contribution in [0.4, 0.5) is 0 Å². The second kappa shape index (κ2) is 11.3. The van der Waals surface area contributed by atoms with Gasteiger partial charge in [-0.2, -0.15) is 0 Å². The predicted molar refractivity (Wildman–Crippen MR) is 65.8 cm³/mol. The first-order valence-electron chi connectivity index (χ1n) is 5.74. The Bertz CT molecular complexity index is 296. The molecule has 11 heteroatoms. The molecule has 0 aromatic heterocycles. The van der Waals surface area contributed by atoms with E-state index in [1.807, 2.05) is 0 Å². The first kappa shape index (κ1) is 21.9. The maximum absolute atomic E-state index is 9.64. The highest BCUT2D eigenvalue weighted by atomic mass is 16.4. The summed E-state index contributed by atoms with van der Waals surface area (Å²) in [6.45, 7) is -0.772. The van der Waals surface area contributed by atoms with Crippen molar-refractivity contribution in [3.8, 4) is 0 Å². The van der Waals surface area contributed by atoms with Gasteiger partial charge < -0.3 is 46.6 Å². The molecule has 0 fully saturated rings. The Morgan fingerprint density at radius 3 is 1.43 bits per heavy atom. The number of carboxylic acids is 2. The zero-order valence-corrected chi connectivity index (χ0v) is 11.0. The van der Waals surface area contributed by atoms with Crippen molar-refractivity contribution in [2.24, 2.45) is 5.73 Å². The molecule has 0 aliphatic carbocycles. The molecule has 0 aromatic carbocycles. The second-order valence-corrected chi connectivity index (χ2v) is 4.00. The minimum atomic E-state index is -1.82. The van der Waals surface area contributed by atoms with E-state index in [-0.39, 0.29) is 12.8 Å². The Hall–Kier alpha value is -1.34. The summed E-state index contributed by atoms with van der Waals surface area (Å²) in [7, 11) is 0. The highest BCUT2D eigenvalue weighted by Gasteiger charge is 2.32. The monoisotopic (exact) mass is 315 g/mol. The summed E-state index contributed by atoms with van der Waals surface area (Å²) in [5.41, 5.74) is 4.81. The maximum atomic E-state index is 9.64. The molecule has 5 atom stereocenters. The van der Waals surface area contributed by atoms with Gasteiger partial charge in [0.2, 0.25) is 0 Å². The first-order chi connectivity index (χ1) is 9.54. The fraction of sp³-hybridized carbons (Fsp3) is 0.800. The molecule has 0 aliphatic heterocycles. The summed E-state index contributed by atoms with van der Waals surface area (Å²) in [5.74, 6) is -2.15. The van der Waals surface area contributed by atoms with Crippen LogP contribution in [0.25, 0.3) is 0 Å². The third-order valence-corrected chi connectivity index (χ3v) is 2.18. The molecule has 0 heterocycles. The van der Waals surface area contributed by atoms with Gasteiger partial charge in [0.25, 0.3) is 0 Å². The lowest BCUT2D eigenvalue weighted by atomic mass is 10.0. The molecule has 0 aliphatic rings. The fourth-order valence-electron chi connectivity index (χ4n) is 0.954. The first-order valence-corrected chi connectivity index (χ1v) is 5.74. The number of carbonyl (C=O) groups is 2. The van der Waals surface area contributed by atoms with E-state index in [0.29, 0.717) is 0 Å². The van der Waals surface area contributed by atoms with Crippen LogP contribution >= 0.6 is 0 Å². The van der Waals surface area contributed by atoms with Crippen LogP contribution in [0.2, 0.25) is 0 Å². The zero-order chi connectivity index (χ0) is 17.2. The van der Waals surface area contributed by atoms with Crippen molar-refractivity contribution in [1.82, 2.24) is 0 Å². The topological polar surface area (TPSA) is 222 Å². The standard InChI is InChI=1S/C6H15NO6.C4H6O4/c7-6(13)5(12)4(11)3(10)2(9)1-8;5-3(6)1-2-4(7)8/h2-6,8-13H,1,7H2;1-2H2,(H,5,6)(H,7,8)/t2-,3-,4+,5-,6?;/m1./s1. The molecule has 21 heavy (non-hydrogen) atoms. The smallest absolute Gasteiger partial charge is 0.303 e. The van der Waals surface area contributed by atoms with Crippen molar-refractivity contribution >= 4 is 11.9 Å². The van der Waals surface area contributed by atoms with Gasteiger partial charge in [0, 0.05) is 0 Å². The SMILES string of the molecule is NC(O)[C@H](O)[C@@H](O)[C@H](O)[C@H](O)CO.O=C(O)CCC(=O)O. The van der Waals surface area contributed by atoms with Crippen LogP contribution in [0.3, 0.4) is 0 Å². The predicted octanol–water partition coefficient (Wildman–Crippen LogP) is -4.36. The van der Waals surface area contributed by atoms with Gasteiger partial charge in [-0.1, -0.05) is 0 Å². The van der Waals surface area contributed by atoms with Gasteiger partial charge in [-0.05, 0) is 0 Å². The third kappa shape index (κ3) is 11.0. The minimum absolute atomic E-state index is 0.296. The van der Waals surface area contributed by atoms with Crippen LogP contribution in [-0.2, 0) is 9.59 Å². The summed E-state index contributed by atoms with van der Waals surface area (Å²) < 4.78 is 0. The largest absolute Gasteiger partial charge is 0.481 e. The van der Waals surface area contributed by atoms with Gasteiger partial charge >= 0.3 is 11.9 Å². The van der Waals surface area contributed by atoms with Gasteiger partial charge in [0.1, 0.15) is 30.6 Å². The van der Waals surface area contributed by atoms with Crippen molar-refractivity contribution in [2.45, 2.75) is 43.5 Å². The number of hydrogen-bond donors (Lipinski definition) is 9. The summed E-state index contributed by atoms with van der Waals surface area (Å²) in [4.78, 5) is 19.3. The number of aliphatic carboxylic acids is 2. The highest BCUT2D eigenvalue weighted by Crippen LogP contribution is 2.05. The molecule has 1 unspecified atom stereocenters. The maximum Gasteiger partial charge on any atom is 0.303 e. The summed E-state index contributed by atoms with van der Waals surface area (Å²) in [6, 6.07) is 0. The number of rotatable bonds is 8. The van der Waals surface area contributed by atoms with E-state index < -0.39 is 49.2 Å². The Labute approximate surface area is 119 Å². The van der Waals surface area contributed by atoms with Crippen molar-refractivity contribution in [2.75, 3.05) is 6.61 Å². The van der Waals surface area contributed by atoms with Gasteiger partial charge in [-0.25, -0.2) is 0 Å². The third-order valence-electron chi connectivity index (χ3n) is 2.18. The van der Waals surface area contributed by atoms with Crippen molar-refractivity contribution < 1.29 is 50.4 Å². The van der Waals surface area contributed by atoms with Crippen LogP contribution in [-0.4, -0.2) is 90.0 Å². The van der Waals surface area contributed by atoms with E-state index >= 15 is 0 Å². The second-order valence-electron chi connectivity index (χ2n) is 4.00. The van der Waals surface area contributed by atoms with E-state index in [9.17, 15) is 9.59 Å². The van der Waals surface area contributed by atoms with Crippen molar-refractivity contribution in [3.63, 3.8) is 0 Å². The van der Waals surface area contributed by atoms with Gasteiger partial charge in [-0.3, -0.25) is 9.59 Å². The van der Waals surface area contributed by atoms with Crippen LogP contribution in [0.1, 0.15) is 12.8 Å². The quantitative estimate of drug-likeness (QED) is 0.194. The number of aliphatic hydroxyl groups is 6. The highest BCUT2D eigenvalue weighted by molar-refractivity contribution is 5.75. The van der Waals surface area contributed by atoms with Gasteiger partial charge in [-0.15, -0.1) is 0 Å². The lowest BCUT2D eigenvalue weighted by Crippen LogP contribution is -2.52. The number of nitrogens with two attached hydrogens (primary N) is 1. The lowest BCUT2D eigenvalue weighted by molar-refractivity contribution is -0.143. The molecular weight excluding hydrogens is 294 g/mol. The summed E-state index contributed by atoms with van der Waals surface area (Å²) >= 11 is 0. The molecule has 11 nitrogen and oxygen atoms in total. The number of carboxylic acid groups (broad SMARTS) is 2. The summed E-state index contributed by atoms with van der Waals surface area (Å²) in [5, 5.41) is 68.6. The molecule has 126 valence electrons. The van der Waals surface area contributed by atoms with E-state index in [0.717, 1.165) is 0 Å². The molecule has 0 saturated carbocycles. The van der Waals surface area contributed by atoms with Crippen LogP contribution in [0, 0.1) is 0 Å². The average molecular weight is 315 g/mol. The molecule has 0 saturated heterocycles. The van der Waals surface area contributed by atoms with Gasteiger partial charge in [0.15, 0.2) is 0 Å². The lowest BCUT2D eigenvalue weighted by Gasteiger charge is -2.26. The molecule has 0 aromatic rings. The Morgan fingerprint density at radius 1 is 0.810 bits per heavy atom.